The maximum Gasteiger partial charge on any atom is 0.281 e. The third-order valence-electron chi connectivity index (χ3n) is 5.14. The quantitative estimate of drug-likeness (QED) is 0.596. The minimum Gasteiger partial charge on any atom is -0.342 e. The highest BCUT2D eigenvalue weighted by Gasteiger charge is 2.19. The van der Waals surface area contributed by atoms with Gasteiger partial charge in [-0.25, -0.2) is 9.67 Å². The van der Waals surface area contributed by atoms with E-state index < -0.39 is 0 Å². The Bertz CT molecular complexity index is 1010. The van der Waals surface area contributed by atoms with Crippen LogP contribution in [0.15, 0.2) is 41.2 Å². The molecular formula is C23H30N4O2. The lowest BCUT2D eigenvalue weighted by Crippen LogP contribution is -2.34. The summed E-state index contributed by atoms with van der Waals surface area (Å²) < 4.78 is 1.50. The summed E-state index contributed by atoms with van der Waals surface area (Å²) in [4.78, 5) is 32.6. The van der Waals surface area contributed by atoms with E-state index in [0.29, 0.717) is 11.0 Å². The van der Waals surface area contributed by atoms with Gasteiger partial charge in [0.2, 0.25) is 5.91 Å². The number of aromatic amines is 1. The first-order chi connectivity index (χ1) is 14.0. The molecule has 0 radical (unpaired) electrons. The van der Waals surface area contributed by atoms with E-state index in [1.165, 1.54) is 4.68 Å². The number of hydrogen-bond donors (Lipinski definition) is 1. The van der Waals surface area contributed by atoms with Crippen molar-refractivity contribution in [2.45, 2.75) is 52.9 Å². The molecule has 2 aromatic heterocycles. The highest BCUT2D eigenvalue weighted by atomic mass is 16.2. The van der Waals surface area contributed by atoms with Crippen molar-refractivity contribution in [3.8, 4) is 5.69 Å². The Kier molecular flexibility index (Phi) is 6.86. The van der Waals surface area contributed by atoms with Gasteiger partial charge in [0.1, 0.15) is 0 Å². The van der Waals surface area contributed by atoms with Crippen molar-refractivity contribution in [1.82, 2.24) is 19.7 Å². The van der Waals surface area contributed by atoms with Crippen molar-refractivity contribution in [2.75, 3.05) is 13.1 Å². The molecule has 0 unspecified atom stereocenters. The van der Waals surface area contributed by atoms with E-state index in [9.17, 15) is 9.59 Å². The van der Waals surface area contributed by atoms with Gasteiger partial charge in [0, 0.05) is 18.8 Å². The number of para-hydroxylation sites is 1. The number of pyridine rings is 1. The zero-order chi connectivity index (χ0) is 20.8. The number of H-pyrrole nitrogens is 1. The summed E-state index contributed by atoms with van der Waals surface area (Å²) >= 11 is 0. The van der Waals surface area contributed by atoms with E-state index in [-0.39, 0.29) is 17.9 Å². The second-order valence-corrected chi connectivity index (χ2v) is 7.50. The Morgan fingerprint density at radius 3 is 2.38 bits per heavy atom. The van der Waals surface area contributed by atoms with E-state index in [1.807, 2.05) is 48.2 Å². The Morgan fingerprint density at radius 2 is 1.76 bits per heavy atom. The van der Waals surface area contributed by atoms with Crippen LogP contribution in [-0.2, 0) is 11.2 Å². The van der Waals surface area contributed by atoms with Gasteiger partial charge in [0.05, 0.1) is 17.5 Å². The van der Waals surface area contributed by atoms with Gasteiger partial charge in [0.15, 0.2) is 5.65 Å². The van der Waals surface area contributed by atoms with Gasteiger partial charge in [-0.15, -0.1) is 0 Å². The normalized spacial score (nSPS) is 11.1. The summed E-state index contributed by atoms with van der Waals surface area (Å²) in [7, 11) is 0. The van der Waals surface area contributed by atoms with Crippen LogP contribution in [-0.4, -0.2) is 38.7 Å². The first-order valence-corrected chi connectivity index (χ1v) is 10.5. The fourth-order valence-corrected chi connectivity index (χ4v) is 3.56. The van der Waals surface area contributed by atoms with Crippen LogP contribution in [0.2, 0.25) is 0 Å². The molecule has 6 nitrogen and oxygen atoms in total. The van der Waals surface area contributed by atoms with Gasteiger partial charge < -0.3 is 4.90 Å². The average molecular weight is 395 g/mol. The van der Waals surface area contributed by atoms with Gasteiger partial charge in [-0.05, 0) is 43.5 Å². The number of nitrogens with one attached hydrogen (secondary N) is 1. The van der Waals surface area contributed by atoms with Crippen molar-refractivity contribution in [3.05, 3.63) is 58.0 Å². The Balaban J connectivity index is 1.97. The zero-order valence-electron chi connectivity index (χ0n) is 17.6. The molecule has 0 aliphatic carbocycles. The fraction of sp³-hybridized carbons (Fsp3) is 0.435. The third-order valence-corrected chi connectivity index (χ3v) is 5.14. The molecule has 0 aliphatic heterocycles. The van der Waals surface area contributed by atoms with Crippen LogP contribution >= 0.6 is 0 Å². The number of aryl methyl sites for hydroxylation is 1. The van der Waals surface area contributed by atoms with Crippen LogP contribution < -0.4 is 5.56 Å². The van der Waals surface area contributed by atoms with Crippen LogP contribution in [0.25, 0.3) is 16.7 Å². The predicted molar refractivity (Wildman–Crippen MR) is 117 cm³/mol. The Labute approximate surface area is 171 Å². The van der Waals surface area contributed by atoms with E-state index in [0.717, 1.165) is 55.7 Å². The summed E-state index contributed by atoms with van der Waals surface area (Å²) in [6.45, 7) is 7.68. The van der Waals surface area contributed by atoms with Crippen LogP contribution in [0.1, 0.15) is 50.8 Å². The van der Waals surface area contributed by atoms with Crippen LogP contribution in [0, 0.1) is 6.92 Å². The van der Waals surface area contributed by atoms with Crippen molar-refractivity contribution in [1.29, 1.82) is 0 Å². The Hall–Kier alpha value is -2.89. The molecular weight excluding hydrogens is 364 g/mol. The lowest BCUT2D eigenvalue weighted by molar-refractivity contribution is -0.130. The first kappa shape index (κ1) is 20.8. The lowest BCUT2D eigenvalue weighted by atomic mass is 10.1. The van der Waals surface area contributed by atoms with Gasteiger partial charge in [0.25, 0.3) is 5.56 Å². The number of aromatic nitrogens is 3. The number of unbranched alkanes of at least 4 members (excludes halogenated alkanes) is 2. The molecule has 3 aromatic rings. The highest BCUT2D eigenvalue weighted by Crippen LogP contribution is 2.17. The summed E-state index contributed by atoms with van der Waals surface area (Å²) in [5, 5.41) is 3.60. The molecule has 0 atom stereocenters. The number of benzene rings is 1. The largest absolute Gasteiger partial charge is 0.342 e. The van der Waals surface area contributed by atoms with Gasteiger partial charge in [-0.2, -0.15) is 0 Å². The molecule has 29 heavy (non-hydrogen) atoms. The molecule has 1 N–H and O–H groups in total. The SMILES string of the molecule is CCCCN(CCCC)C(=O)Cc1cc(C)nc2[nH]n(-c3ccccc3)c(=O)c12. The van der Waals surface area contributed by atoms with Gasteiger partial charge in [-0.3, -0.25) is 14.7 Å². The molecule has 2 heterocycles. The van der Waals surface area contributed by atoms with Crippen molar-refractivity contribution < 1.29 is 4.79 Å². The summed E-state index contributed by atoms with van der Waals surface area (Å²) in [6, 6.07) is 11.3. The minimum atomic E-state index is -0.171. The maximum absolute atomic E-state index is 13.1. The van der Waals surface area contributed by atoms with Crippen LogP contribution in [0.4, 0.5) is 0 Å². The number of nitrogens with zero attached hydrogens (tertiary/aromatic N) is 3. The molecule has 6 heteroatoms. The summed E-state index contributed by atoms with van der Waals surface area (Å²) in [6.07, 6.45) is 4.30. The predicted octanol–water partition coefficient (Wildman–Crippen LogP) is 3.99. The first-order valence-electron chi connectivity index (χ1n) is 10.5. The van der Waals surface area contributed by atoms with E-state index in [1.54, 1.807) is 0 Å². The second kappa shape index (κ2) is 9.54. The molecule has 0 aliphatic rings. The second-order valence-electron chi connectivity index (χ2n) is 7.50. The molecule has 0 fully saturated rings. The number of amides is 1. The van der Waals surface area contributed by atoms with E-state index in [4.69, 9.17) is 0 Å². The molecule has 0 bridgehead atoms. The van der Waals surface area contributed by atoms with Gasteiger partial charge >= 0.3 is 0 Å². The molecule has 1 amide bonds. The topological polar surface area (TPSA) is 71.0 Å². The number of carbonyl (C=O) groups is 1. The Morgan fingerprint density at radius 1 is 1.10 bits per heavy atom. The molecule has 0 saturated carbocycles. The summed E-state index contributed by atoms with van der Waals surface area (Å²) in [5.41, 5.74) is 2.63. The zero-order valence-corrected chi connectivity index (χ0v) is 17.6. The number of carbonyl (C=O) groups excluding carboxylic acids is 1. The highest BCUT2D eigenvalue weighted by molar-refractivity contribution is 5.86. The van der Waals surface area contributed by atoms with Crippen molar-refractivity contribution >= 4 is 16.9 Å². The van der Waals surface area contributed by atoms with Crippen LogP contribution in [0.5, 0.6) is 0 Å². The summed E-state index contributed by atoms with van der Waals surface area (Å²) in [5.74, 6) is 0.0747. The monoisotopic (exact) mass is 394 g/mol. The third kappa shape index (κ3) is 4.75. The number of rotatable bonds is 9. The average Bonchev–Trinajstić information content (AvgIpc) is 3.05. The number of hydrogen-bond acceptors (Lipinski definition) is 3. The molecule has 154 valence electrons. The maximum atomic E-state index is 13.1. The standard InChI is InChI=1S/C23H30N4O2/c1-4-6-13-26(14-7-5-2)20(28)16-18-15-17(3)24-22-21(18)23(29)27(25-22)19-11-9-8-10-12-19/h8-12,15H,4-7,13-14,16H2,1-3H3,(H,24,25). The molecule has 3 rings (SSSR count). The molecule has 1 aromatic carbocycles. The van der Waals surface area contributed by atoms with E-state index in [2.05, 4.69) is 23.9 Å². The van der Waals surface area contributed by atoms with Crippen LogP contribution in [0.3, 0.4) is 0 Å². The minimum absolute atomic E-state index is 0.0747. The lowest BCUT2D eigenvalue weighted by Gasteiger charge is -2.22. The van der Waals surface area contributed by atoms with Crippen molar-refractivity contribution in [3.63, 3.8) is 0 Å². The van der Waals surface area contributed by atoms with E-state index >= 15 is 0 Å². The fourth-order valence-electron chi connectivity index (χ4n) is 3.56. The smallest absolute Gasteiger partial charge is 0.281 e. The number of fused-ring (bicyclic) bond motifs is 1. The van der Waals surface area contributed by atoms with Gasteiger partial charge in [-0.1, -0.05) is 44.9 Å². The molecule has 0 saturated heterocycles. The molecule has 0 spiro atoms. The van der Waals surface area contributed by atoms with Crippen molar-refractivity contribution in [2.24, 2.45) is 0 Å².